The van der Waals surface area contributed by atoms with Crippen molar-refractivity contribution in [2.75, 3.05) is 0 Å². The summed E-state index contributed by atoms with van der Waals surface area (Å²) in [6.07, 6.45) is 10.3. The number of carbonyl (C=O) groups excluding carboxylic acids is 1. The van der Waals surface area contributed by atoms with Crippen LogP contribution in [0.5, 0.6) is 0 Å². The largest absolute Gasteiger partial charge is 0.481 e. The molecule has 4 aliphatic rings. The molecule has 0 saturated heterocycles. The first-order valence-electron chi connectivity index (χ1n) is 16.2. The first-order chi connectivity index (χ1) is 20.7. The fraction of sp³-hybridized carbons (Fsp3) is 0.541. The van der Waals surface area contributed by atoms with E-state index in [2.05, 4.69) is 18.8 Å². The molecule has 0 unspecified atom stereocenters. The molecule has 0 spiro atoms. The molecule has 6 nitrogen and oxygen atoms in total. The number of ketones is 1. The average Bonchev–Trinajstić information content (AvgIpc) is 3.58. The van der Waals surface area contributed by atoms with Crippen molar-refractivity contribution >= 4 is 11.8 Å². The van der Waals surface area contributed by atoms with Gasteiger partial charge in [-0.05, 0) is 79.4 Å². The summed E-state index contributed by atoms with van der Waals surface area (Å²) in [6, 6.07) is 19.5. The fourth-order valence-electron chi connectivity index (χ4n) is 9.28. The van der Waals surface area contributed by atoms with Crippen LogP contribution in [0.25, 0.3) is 22.6 Å². The van der Waals surface area contributed by atoms with Crippen molar-refractivity contribution in [3.05, 3.63) is 66.6 Å². The minimum atomic E-state index is -0.860. The van der Waals surface area contributed by atoms with Crippen molar-refractivity contribution in [2.24, 2.45) is 34.5 Å². The average molecular weight is 584 g/mol. The zero-order chi connectivity index (χ0) is 30.2. The van der Waals surface area contributed by atoms with Gasteiger partial charge in [-0.15, -0.1) is 0 Å². The second-order valence-corrected chi connectivity index (χ2v) is 13.9. The molecule has 0 radical (unpaired) electrons. The quantitative estimate of drug-likeness (QED) is 0.316. The maximum Gasteiger partial charge on any atom is 0.303 e. The number of nitrogens with zero attached hydrogens (tertiary/aromatic N) is 1. The molecule has 0 aliphatic heterocycles. The number of carbonyl (C=O) groups is 2. The lowest BCUT2D eigenvalue weighted by molar-refractivity contribution is -0.142. The third kappa shape index (κ3) is 5.71. The Morgan fingerprint density at radius 1 is 0.884 bits per heavy atom. The molecule has 4 aliphatic carbocycles. The number of oxazole rings is 1. The van der Waals surface area contributed by atoms with E-state index in [0.717, 1.165) is 60.3 Å². The molecule has 7 rings (SSSR count). The summed E-state index contributed by atoms with van der Waals surface area (Å²) >= 11 is 0. The molecular weight excluding hydrogens is 538 g/mol. The van der Waals surface area contributed by atoms with E-state index in [9.17, 15) is 14.7 Å². The van der Waals surface area contributed by atoms with Gasteiger partial charge in [0, 0.05) is 30.4 Å². The highest BCUT2D eigenvalue weighted by Gasteiger charge is 2.60. The Kier molecular flexibility index (Phi) is 8.34. The zero-order valence-electron chi connectivity index (χ0n) is 25.5. The van der Waals surface area contributed by atoms with Gasteiger partial charge in [-0.3, -0.25) is 9.59 Å². The van der Waals surface area contributed by atoms with Crippen LogP contribution >= 0.6 is 0 Å². The number of Topliss-reactive ketones (excluding diaryl/α,β-unsaturated/α-hetero) is 1. The summed E-state index contributed by atoms with van der Waals surface area (Å²) in [6.45, 7) is 4.85. The number of rotatable bonds is 5. The van der Waals surface area contributed by atoms with Crippen LogP contribution in [0, 0.1) is 34.5 Å². The number of hydrogen-bond donors (Lipinski definition) is 2. The van der Waals surface area contributed by atoms with Crippen molar-refractivity contribution in [2.45, 2.75) is 90.6 Å². The van der Waals surface area contributed by atoms with Crippen LogP contribution in [0.4, 0.5) is 0 Å². The number of aromatic nitrogens is 1. The Hall–Kier alpha value is -3.25. The molecule has 1 heterocycles. The lowest BCUT2D eigenvalue weighted by atomic mass is 9.45. The van der Waals surface area contributed by atoms with E-state index in [0.29, 0.717) is 28.8 Å². The maximum atomic E-state index is 11.9. The molecule has 2 N–H and O–H groups in total. The molecule has 43 heavy (non-hydrogen) atoms. The highest BCUT2D eigenvalue weighted by molar-refractivity contribution is 5.79. The van der Waals surface area contributed by atoms with Gasteiger partial charge in [-0.1, -0.05) is 74.5 Å². The predicted octanol–water partition coefficient (Wildman–Crippen LogP) is 7.98. The van der Waals surface area contributed by atoms with Gasteiger partial charge in [0.15, 0.2) is 11.7 Å². The van der Waals surface area contributed by atoms with Crippen LogP contribution in [-0.4, -0.2) is 33.1 Å². The third-order valence-corrected chi connectivity index (χ3v) is 11.7. The summed E-state index contributed by atoms with van der Waals surface area (Å²) in [5, 5.41) is 19.3. The van der Waals surface area contributed by atoms with Gasteiger partial charge < -0.3 is 14.6 Å². The van der Waals surface area contributed by atoms with Crippen molar-refractivity contribution < 1.29 is 24.2 Å². The first-order valence-corrected chi connectivity index (χ1v) is 16.2. The van der Waals surface area contributed by atoms with Crippen LogP contribution in [0.1, 0.15) is 83.9 Å². The molecule has 228 valence electrons. The number of hydrogen-bond acceptors (Lipinski definition) is 5. The van der Waals surface area contributed by atoms with Crippen LogP contribution < -0.4 is 0 Å². The molecule has 1 aromatic heterocycles. The van der Waals surface area contributed by atoms with Crippen LogP contribution in [0.2, 0.25) is 0 Å². The minimum Gasteiger partial charge on any atom is -0.481 e. The molecule has 4 fully saturated rings. The van der Waals surface area contributed by atoms with Gasteiger partial charge in [-0.25, -0.2) is 4.98 Å². The normalized spacial score (nSPS) is 33.0. The lowest BCUT2D eigenvalue weighted by Gasteiger charge is -2.60. The topological polar surface area (TPSA) is 101 Å². The number of carboxylic acid groups (broad SMARTS) is 1. The smallest absolute Gasteiger partial charge is 0.303 e. The van der Waals surface area contributed by atoms with E-state index in [1.807, 2.05) is 60.7 Å². The molecule has 6 heteroatoms. The maximum absolute atomic E-state index is 11.9. The van der Waals surface area contributed by atoms with Gasteiger partial charge in [-0.2, -0.15) is 0 Å². The first kappa shape index (κ1) is 29.8. The van der Waals surface area contributed by atoms with Gasteiger partial charge in [0.05, 0.1) is 12.5 Å². The summed E-state index contributed by atoms with van der Waals surface area (Å²) in [4.78, 5) is 27.1. The minimum absolute atomic E-state index is 0.00295. The Balaban J connectivity index is 0.000000153. The Morgan fingerprint density at radius 3 is 2.26 bits per heavy atom. The molecular formula is C37H45NO5. The number of aliphatic hydroxyl groups excluding tert-OH is 1. The summed E-state index contributed by atoms with van der Waals surface area (Å²) in [5.41, 5.74) is 3.22. The van der Waals surface area contributed by atoms with Crippen LogP contribution in [0.15, 0.2) is 65.1 Å². The van der Waals surface area contributed by atoms with E-state index in [1.54, 1.807) is 0 Å². The zero-order valence-corrected chi connectivity index (χ0v) is 25.5. The van der Waals surface area contributed by atoms with E-state index < -0.39 is 5.97 Å². The third-order valence-electron chi connectivity index (χ3n) is 11.7. The van der Waals surface area contributed by atoms with Gasteiger partial charge in [0.1, 0.15) is 11.5 Å². The molecule has 3 aromatic rings. The van der Waals surface area contributed by atoms with E-state index >= 15 is 0 Å². The number of aliphatic hydroxyl groups is 1. The number of fused-ring (bicyclic) bond motifs is 5. The van der Waals surface area contributed by atoms with Crippen LogP contribution in [-0.2, 0) is 16.0 Å². The lowest BCUT2D eigenvalue weighted by Crippen LogP contribution is -2.54. The molecule has 0 bridgehead atoms. The van der Waals surface area contributed by atoms with Crippen molar-refractivity contribution in [1.29, 1.82) is 0 Å². The Bertz CT molecular complexity index is 1380. The Labute approximate surface area is 254 Å². The van der Waals surface area contributed by atoms with Gasteiger partial charge in [0.25, 0.3) is 0 Å². The van der Waals surface area contributed by atoms with Crippen molar-refractivity contribution in [3.8, 4) is 22.6 Å². The van der Waals surface area contributed by atoms with Crippen LogP contribution in [0.3, 0.4) is 0 Å². The van der Waals surface area contributed by atoms with Crippen molar-refractivity contribution in [3.63, 3.8) is 0 Å². The number of aryl methyl sites for hydroxylation is 1. The van der Waals surface area contributed by atoms with Crippen molar-refractivity contribution in [1.82, 2.24) is 4.98 Å². The molecule has 7 atom stereocenters. The SMILES string of the molecule is C[C@]12CCC(=O)C[C@@H]1CC[C@@H]1[C@@H]2CC[C@]2(C)[C@@H](O)CC[C@@H]12.O=C(O)CCc1nc(-c2ccccc2)c(-c2ccccc2)o1. The summed E-state index contributed by atoms with van der Waals surface area (Å²) < 4.78 is 5.83. The Morgan fingerprint density at radius 2 is 1.56 bits per heavy atom. The number of aliphatic carboxylic acids is 1. The standard InChI is InChI=1S/C19H30O2.C18H15NO3/c1-18-9-7-13(20)11-12(18)3-4-14-15-5-6-17(21)19(15,2)10-8-16(14)18;20-16(21)12-11-15-19-17(13-7-3-1-4-8-13)18(22-15)14-9-5-2-6-10-14/h12,14-17,21H,3-11H2,1-2H3;1-10H,11-12H2,(H,20,21)/t12-,14-,15-,16-,17-,18-,19-;/m0./s1. The second kappa shape index (κ2) is 12.0. The number of benzene rings is 2. The van der Waals surface area contributed by atoms with E-state index in [4.69, 9.17) is 9.52 Å². The van der Waals surface area contributed by atoms with E-state index in [-0.39, 0.29) is 24.4 Å². The second-order valence-electron chi connectivity index (χ2n) is 13.9. The monoisotopic (exact) mass is 583 g/mol. The van der Waals surface area contributed by atoms with Gasteiger partial charge >= 0.3 is 5.97 Å². The summed E-state index contributed by atoms with van der Waals surface area (Å²) in [5.74, 6) is 3.78. The van der Waals surface area contributed by atoms with Gasteiger partial charge in [0.2, 0.25) is 0 Å². The fourth-order valence-corrected chi connectivity index (χ4v) is 9.28. The predicted molar refractivity (Wildman–Crippen MR) is 166 cm³/mol. The van der Waals surface area contributed by atoms with E-state index in [1.165, 1.54) is 32.1 Å². The summed E-state index contributed by atoms with van der Waals surface area (Å²) in [7, 11) is 0. The number of carboxylic acids is 1. The highest BCUT2D eigenvalue weighted by atomic mass is 16.4. The molecule has 0 amide bonds. The molecule has 2 aromatic carbocycles. The highest BCUT2D eigenvalue weighted by Crippen LogP contribution is 2.65. The molecule has 4 saturated carbocycles.